The van der Waals surface area contributed by atoms with Gasteiger partial charge in [-0.15, -0.1) is 0 Å². The summed E-state index contributed by atoms with van der Waals surface area (Å²) in [4.78, 5) is 25.0. The number of unbranched alkanes of at least 4 members (excludes halogenated alkanes) is 28. The monoisotopic (exact) mass is 762 g/mol. The maximum absolute atomic E-state index is 12.6. The highest BCUT2D eigenvalue weighted by molar-refractivity contribution is 7.45. The van der Waals surface area contributed by atoms with Gasteiger partial charge in [0, 0.05) is 13.0 Å². The summed E-state index contributed by atoms with van der Waals surface area (Å²) < 4.78 is 34.5. The second-order valence-corrected chi connectivity index (χ2v) is 17.8. The van der Waals surface area contributed by atoms with E-state index in [2.05, 4.69) is 13.8 Å². The smallest absolute Gasteiger partial charge is 0.306 e. The number of phosphoric acid groups is 1. The van der Waals surface area contributed by atoms with Crippen molar-refractivity contribution < 1.29 is 37.3 Å². The third-order valence-electron chi connectivity index (χ3n) is 9.91. The zero-order valence-corrected chi connectivity index (χ0v) is 36.2. The van der Waals surface area contributed by atoms with Crippen molar-refractivity contribution in [2.75, 3.05) is 54.1 Å². The zero-order valence-electron chi connectivity index (χ0n) is 35.3. The van der Waals surface area contributed by atoms with E-state index in [4.69, 9.17) is 18.5 Å². The quantitative estimate of drug-likeness (QED) is 0.0264. The van der Waals surface area contributed by atoms with Gasteiger partial charge in [-0.1, -0.05) is 194 Å². The summed E-state index contributed by atoms with van der Waals surface area (Å²) in [6.07, 6.45) is 38.4. The van der Waals surface area contributed by atoms with Gasteiger partial charge in [0.15, 0.2) is 0 Å². The molecule has 0 N–H and O–H groups in total. The van der Waals surface area contributed by atoms with Crippen LogP contribution in [0.2, 0.25) is 0 Å². The number of esters is 1. The Labute approximate surface area is 323 Å². The molecule has 0 saturated heterocycles. The second-order valence-electron chi connectivity index (χ2n) is 16.4. The molecule has 0 radical (unpaired) electrons. The molecule has 0 aromatic heterocycles. The number of phosphoric ester groups is 1. The normalized spacial score (nSPS) is 13.7. The first-order valence-electron chi connectivity index (χ1n) is 22.3. The van der Waals surface area contributed by atoms with Crippen molar-refractivity contribution in [1.29, 1.82) is 0 Å². The molecule has 0 aliphatic heterocycles. The average Bonchev–Trinajstić information content (AvgIpc) is 3.09. The molecule has 0 amide bonds. The highest BCUT2D eigenvalue weighted by Crippen LogP contribution is 2.38. The first-order valence-corrected chi connectivity index (χ1v) is 23.7. The summed E-state index contributed by atoms with van der Waals surface area (Å²) in [6.45, 7) is 5.44. The van der Waals surface area contributed by atoms with E-state index in [0.29, 0.717) is 24.1 Å². The predicted molar refractivity (Wildman–Crippen MR) is 218 cm³/mol. The van der Waals surface area contributed by atoms with E-state index < -0.39 is 13.9 Å². The van der Waals surface area contributed by atoms with Crippen LogP contribution >= 0.6 is 7.82 Å². The largest absolute Gasteiger partial charge is 0.756 e. The Hall–Kier alpha value is -0.500. The van der Waals surface area contributed by atoms with Gasteiger partial charge in [-0.2, -0.15) is 0 Å². The minimum atomic E-state index is -4.51. The van der Waals surface area contributed by atoms with E-state index in [0.717, 1.165) is 32.1 Å². The summed E-state index contributed by atoms with van der Waals surface area (Å²) in [5.74, 6) is -0.330. The van der Waals surface area contributed by atoms with Gasteiger partial charge in [0.05, 0.1) is 34.4 Å². The molecule has 52 heavy (non-hydrogen) atoms. The van der Waals surface area contributed by atoms with Crippen LogP contribution in [0.4, 0.5) is 0 Å². The Bertz CT molecular complexity index is 807. The number of ether oxygens (including phenoxy) is 2. The molecule has 0 fully saturated rings. The lowest BCUT2D eigenvalue weighted by molar-refractivity contribution is -0.870. The van der Waals surface area contributed by atoms with E-state index in [9.17, 15) is 14.3 Å². The molecule has 0 heterocycles. The summed E-state index contributed by atoms with van der Waals surface area (Å²) in [7, 11) is 1.37. The average molecular weight is 762 g/mol. The Balaban J connectivity index is 4.01. The van der Waals surface area contributed by atoms with Crippen LogP contribution in [0.15, 0.2) is 0 Å². The molecule has 0 bridgehead atoms. The fraction of sp³-hybridized carbons (Fsp3) is 0.977. The van der Waals surface area contributed by atoms with Gasteiger partial charge in [-0.25, -0.2) is 0 Å². The number of likely N-dealkylation sites (N-methyl/N-ethyl adjacent to an activating group) is 1. The molecule has 2 atom stereocenters. The minimum absolute atomic E-state index is 0.0309. The lowest BCUT2D eigenvalue weighted by atomic mass is 10.0. The maximum atomic E-state index is 12.6. The van der Waals surface area contributed by atoms with Crippen LogP contribution in [0.3, 0.4) is 0 Å². The number of carbonyl (C=O) groups is 1. The number of quaternary nitrogens is 1. The SMILES string of the molecule is CCCCCCCCCCCCCCCCCCCCCCCCC(=O)OC(COCCCCCCCCCC)COP(=O)([O-])OCC[N+](C)(C)C. The van der Waals surface area contributed by atoms with Crippen molar-refractivity contribution in [1.82, 2.24) is 0 Å². The fourth-order valence-electron chi connectivity index (χ4n) is 6.43. The molecule has 0 aromatic rings. The molecule has 8 nitrogen and oxygen atoms in total. The topological polar surface area (TPSA) is 94.1 Å². The highest BCUT2D eigenvalue weighted by atomic mass is 31.2. The summed E-state index contributed by atoms with van der Waals surface area (Å²) in [5.41, 5.74) is 0. The third-order valence-corrected chi connectivity index (χ3v) is 10.9. The molecule has 9 heteroatoms. The van der Waals surface area contributed by atoms with Crippen molar-refractivity contribution in [2.24, 2.45) is 0 Å². The molecule has 312 valence electrons. The second kappa shape index (κ2) is 37.4. The number of nitrogens with zero attached hydrogens (tertiary/aromatic N) is 1. The number of hydrogen-bond donors (Lipinski definition) is 0. The zero-order chi connectivity index (χ0) is 38.4. The lowest BCUT2D eigenvalue weighted by Gasteiger charge is -2.28. The molecule has 2 unspecified atom stereocenters. The van der Waals surface area contributed by atoms with Crippen LogP contribution in [0.1, 0.15) is 213 Å². The Morgan fingerprint density at radius 1 is 0.519 bits per heavy atom. The van der Waals surface area contributed by atoms with Crippen LogP contribution < -0.4 is 4.89 Å². The van der Waals surface area contributed by atoms with E-state index in [1.54, 1.807) is 0 Å². The predicted octanol–water partition coefficient (Wildman–Crippen LogP) is 12.3. The molecule has 0 aromatic carbocycles. The van der Waals surface area contributed by atoms with Gasteiger partial charge in [0.25, 0.3) is 7.82 Å². The first kappa shape index (κ1) is 51.5. The Morgan fingerprint density at radius 2 is 0.885 bits per heavy atom. The van der Waals surface area contributed by atoms with Crippen LogP contribution in [0.5, 0.6) is 0 Å². The van der Waals surface area contributed by atoms with Crippen molar-refractivity contribution in [3.63, 3.8) is 0 Å². The van der Waals surface area contributed by atoms with Crippen molar-refractivity contribution >= 4 is 13.8 Å². The van der Waals surface area contributed by atoms with E-state index in [-0.39, 0.29) is 25.8 Å². The third kappa shape index (κ3) is 40.7. The molecule has 0 spiro atoms. The van der Waals surface area contributed by atoms with Gasteiger partial charge >= 0.3 is 5.97 Å². The van der Waals surface area contributed by atoms with Crippen LogP contribution in [-0.2, 0) is 27.9 Å². The van der Waals surface area contributed by atoms with E-state index in [1.807, 2.05) is 21.1 Å². The number of carbonyl (C=O) groups excluding carboxylic acids is 1. The number of hydrogen-bond acceptors (Lipinski definition) is 7. The van der Waals surface area contributed by atoms with Gasteiger partial charge in [-0.3, -0.25) is 9.36 Å². The van der Waals surface area contributed by atoms with Crippen molar-refractivity contribution in [3.8, 4) is 0 Å². The fourth-order valence-corrected chi connectivity index (χ4v) is 7.16. The minimum Gasteiger partial charge on any atom is -0.756 e. The van der Waals surface area contributed by atoms with Crippen LogP contribution in [0, 0.1) is 0 Å². The summed E-state index contributed by atoms with van der Waals surface area (Å²) >= 11 is 0. The Kier molecular flexibility index (Phi) is 37.1. The molecule has 0 aliphatic rings. The van der Waals surface area contributed by atoms with Gasteiger partial charge in [-0.05, 0) is 12.8 Å². The molecule has 0 aliphatic carbocycles. The van der Waals surface area contributed by atoms with Crippen molar-refractivity contribution in [2.45, 2.75) is 219 Å². The summed E-state index contributed by atoms with van der Waals surface area (Å²) in [5, 5.41) is 0. The first-order chi connectivity index (χ1) is 25.1. The van der Waals surface area contributed by atoms with Gasteiger partial charge < -0.3 is 27.9 Å². The maximum Gasteiger partial charge on any atom is 0.306 e. The molecular weight excluding hydrogens is 673 g/mol. The highest BCUT2D eigenvalue weighted by Gasteiger charge is 2.20. The molecular formula is C43H88NO7P. The van der Waals surface area contributed by atoms with Crippen LogP contribution in [0.25, 0.3) is 0 Å². The number of rotatable bonds is 42. The molecule has 0 rings (SSSR count). The van der Waals surface area contributed by atoms with Crippen LogP contribution in [-0.4, -0.2) is 70.7 Å². The summed E-state index contributed by atoms with van der Waals surface area (Å²) in [6, 6.07) is 0. The lowest BCUT2D eigenvalue weighted by Crippen LogP contribution is -2.37. The van der Waals surface area contributed by atoms with E-state index >= 15 is 0 Å². The van der Waals surface area contributed by atoms with Gasteiger partial charge in [0.1, 0.15) is 19.3 Å². The molecule has 0 saturated carbocycles. The van der Waals surface area contributed by atoms with Gasteiger partial charge in [0.2, 0.25) is 0 Å². The Morgan fingerprint density at radius 3 is 1.27 bits per heavy atom. The van der Waals surface area contributed by atoms with Crippen molar-refractivity contribution in [3.05, 3.63) is 0 Å². The standard InChI is InChI=1S/C43H88NO7P/c1-6-8-10-12-14-16-17-18-19-20-21-22-23-24-25-26-27-28-29-30-32-34-36-43(45)51-42(40-48-38-35-33-31-15-13-11-9-7-2)41-50-52(46,47)49-39-37-44(3,4)5/h42H,6-41H2,1-5H3. The van der Waals surface area contributed by atoms with E-state index in [1.165, 1.54) is 161 Å².